The van der Waals surface area contributed by atoms with Gasteiger partial charge in [-0.25, -0.2) is 0 Å². The lowest BCUT2D eigenvalue weighted by atomic mass is 10.1. The minimum absolute atomic E-state index is 0.0850. The molecule has 3 aromatic rings. The molecule has 4 heteroatoms. The predicted molar refractivity (Wildman–Crippen MR) is 105 cm³/mol. The van der Waals surface area contributed by atoms with Gasteiger partial charge in [0.1, 0.15) is 11.3 Å². The third-order valence-electron chi connectivity index (χ3n) is 4.05. The first-order valence-electron chi connectivity index (χ1n) is 8.72. The fourth-order valence-electron chi connectivity index (χ4n) is 2.69. The predicted octanol–water partition coefficient (Wildman–Crippen LogP) is 4.22. The summed E-state index contributed by atoms with van der Waals surface area (Å²) in [6.45, 7) is 3.03. The molecule has 0 saturated carbocycles. The number of hydrogen-bond acceptors (Lipinski definition) is 3. The summed E-state index contributed by atoms with van der Waals surface area (Å²) in [6.07, 6.45) is 4.12. The lowest BCUT2D eigenvalue weighted by Crippen LogP contribution is -2.23. The van der Waals surface area contributed by atoms with Crippen molar-refractivity contribution in [1.29, 1.82) is 0 Å². The van der Waals surface area contributed by atoms with E-state index < -0.39 is 0 Å². The van der Waals surface area contributed by atoms with Gasteiger partial charge in [0.05, 0.1) is 6.61 Å². The number of fused-ring (bicyclic) bond motifs is 1. The summed E-state index contributed by atoms with van der Waals surface area (Å²) in [7, 11) is 0. The Morgan fingerprint density at radius 2 is 1.88 bits per heavy atom. The molecule has 1 N–H and O–H groups in total. The number of carbonyl (C=O) groups excluding carboxylic acids is 1. The molecule has 1 heterocycles. The van der Waals surface area contributed by atoms with Crippen LogP contribution in [0.1, 0.15) is 18.9 Å². The number of benzene rings is 2. The number of pyridine rings is 1. The number of para-hydroxylation sites is 1. The van der Waals surface area contributed by atoms with Crippen molar-refractivity contribution in [3.63, 3.8) is 0 Å². The first-order chi connectivity index (χ1) is 12.7. The van der Waals surface area contributed by atoms with E-state index in [1.165, 1.54) is 0 Å². The molecule has 0 bridgehead atoms. The summed E-state index contributed by atoms with van der Waals surface area (Å²) < 4.78 is 5.82. The lowest BCUT2D eigenvalue weighted by Gasteiger charge is -2.09. The fourth-order valence-corrected chi connectivity index (χ4v) is 2.69. The van der Waals surface area contributed by atoms with E-state index in [9.17, 15) is 4.79 Å². The van der Waals surface area contributed by atoms with Crippen LogP contribution in [0.2, 0.25) is 0 Å². The van der Waals surface area contributed by atoms with Crippen LogP contribution in [-0.2, 0) is 4.79 Å². The van der Waals surface area contributed by atoms with Gasteiger partial charge < -0.3 is 10.1 Å². The molecule has 2 aromatic carbocycles. The van der Waals surface area contributed by atoms with Gasteiger partial charge in [-0.2, -0.15) is 0 Å². The number of carbonyl (C=O) groups is 1. The number of hydrogen-bond donors (Lipinski definition) is 1. The van der Waals surface area contributed by atoms with Crippen LogP contribution in [0.15, 0.2) is 72.9 Å². The van der Waals surface area contributed by atoms with Crippen molar-refractivity contribution in [1.82, 2.24) is 10.3 Å². The average Bonchev–Trinajstić information content (AvgIpc) is 2.68. The third-order valence-corrected chi connectivity index (χ3v) is 4.05. The second kappa shape index (κ2) is 8.81. The Hall–Kier alpha value is -3.14. The molecule has 0 radical (unpaired) electrons. The highest BCUT2D eigenvalue weighted by Crippen LogP contribution is 2.22. The maximum atomic E-state index is 12.0. The molecule has 0 aliphatic carbocycles. The van der Waals surface area contributed by atoms with E-state index in [2.05, 4.69) is 10.3 Å². The summed E-state index contributed by atoms with van der Waals surface area (Å²) in [6, 6.07) is 19.7. The van der Waals surface area contributed by atoms with Gasteiger partial charge in [0.15, 0.2) is 0 Å². The fraction of sp³-hybridized carbons (Fsp3) is 0.182. The Kier molecular flexibility index (Phi) is 5.99. The van der Waals surface area contributed by atoms with Crippen LogP contribution in [-0.4, -0.2) is 24.0 Å². The second-order valence-corrected chi connectivity index (χ2v) is 6.02. The zero-order valence-corrected chi connectivity index (χ0v) is 14.8. The van der Waals surface area contributed by atoms with Gasteiger partial charge in [-0.1, -0.05) is 48.5 Å². The Bertz CT molecular complexity index is 899. The van der Waals surface area contributed by atoms with Gasteiger partial charge in [-0.3, -0.25) is 9.78 Å². The first kappa shape index (κ1) is 17.7. The summed E-state index contributed by atoms with van der Waals surface area (Å²) in [5.74, 6) is 0.687. The molecular weight excluding hydrogens is 324 g/mol. The van der Waals surface area contributed by atoms with Crippen LogP contribution >= 0.6 is 0 Å². The normalized spacial score (nSPS) is 11.3. The van der Waals surface area contributed by atoms with Gasteiger partial charge in [-0.05, 0) is 36.6 Å². The van der Waals surface area contributed by atoms with E-state index in [0.717, 1.165) is 34.2 Å². The maximum Gasteiger partial charge on any atom is 0.244 e. The molecule has 1 amide bonds. The van der Waals surface area contributed by atoms with Crippen LogP contribution in [0.5, 0.6) is 5.75 Å². The largest absolute Gasteiger partial charge is 0.491 e. The van der Waals surface area contributed by atoms with Crippen molar-refractivity contribution in [3.8, 4) is 5.75 Å². The SMILES string of the molecule is C/C(=C/C(=O)NCCCOc1cccc2cccnc12)c1ccccc1. The topological polar surface area (TPSA) is 51.2 Å². The van der Waals surface area contributed by atoms with Gasteiger partial charge in [0.2, 0.25) is 5.91 Å². The van der Waals surface area contributed by atoms with Crippen LogP contribution in [0.25, 0.3) is 16.5 Å². The van der Waals surface area contributed by atoms with Crippen LogP contribution < -0.4 is 10.1 Å². The Balaban J connectivity index is 1.45. The molecule has 0 aliphatic rings. The maximum absolute atomic E-state index is 12.0. The molecule has 132 valence electrons. The van der Waals surface area contributed by atoms with Crippen LogP contribution in [0.4, 0.5) is 0 Å². The number of ether oxygens (including phenoxy) is 1. The molecule has 3 rings (SSSR count). The van der Waals surface area contributed by atoms with E-state index in [-0.39, 0.29) is 5.91 Å². The minimum Gasteiger partial charge on any atom is -0.491 e. The lowest BCUT2D eigenvalue weighted by molar-refractivity contribution is -0.116. The smallest absolute Gasteiger partial charge is 0.244 e. The molecule has 0 aliphatic heterocycles. The van der Waals surface area contributed by atoms with Gasteiger partial charge >= 0.3 is 0 Å². The van der Waals surface area contributed by atoms with E-state index >= 15 is 0 Å². The minimum atomic E-state index is -0.0850. The zero-order chi connectivity index (χ0) is 18.2. The summed E-state index contributed by atoms with van der Waals surface area (Å²) in [5.41, 5.74) is 2.86. The molecular formula is C22H22N2O2. The monoisotopic (exact) mass is 346 g/mol. The van der Waals surface area contributed by atoms with Crippen molar-refractivity contribution in [2.24, 2.45) is 0 Å². The zero-order valence-electron chi connectivity index (χ0n) is 14.8. The van der Waals surface area contributed by atoms with Gasteiger partial charge in [0, 0.05) is 24.2 Å². The summed E-state index contributed by atoms with van der Waals surface area (Å²) >= 11 is 0. The number of rotatable bonds is 7. The molecule has 0 saturated heterocycles. The Labute approximate surface area is 153 Å². The third kappa shape index (κ3) is 4.70. The van der Waals surface area contributed by atoms with E-state index in [0.29, 0.717) is 13.2 Å². The average molecular weight is 346 g/mol. The first-order valence-corrected chi connectivity index (χ1v) is 8.72. The van der Waals surface area contributed by atoms with Gasteiger partial charge in [0.25, 0.3) is 0 Å². The van der Waals surface area contributed by atoms with Crippen molar-refractivity contribution in [2.45, 2.75) is 13.3 Å². The number of nitrogens with zero attached hydrogens (tertiary/aromatic N) is 1. The van der Waals surface area contributed by atoms with E-state index in [1.807, 2.05) is 67.6 Å². The number of nitrogens with one attached hydrogen (secondary N) is 1. The van der Waals surface area contributed by atoms with Crippen molar-refractivity contribution in [2.75, 3.05) is 13.2 Å². The highest BCUT2D eigenvalue weighted by molar-refractivity contribution is 5.94. The van der Waals surface area contributed by atoms with Crippen molar-refractivity contribution in [3.05, 3.63) is 78.5 Å². The molecule has 0 unspecified atom stereocenters. The van der Waals surface area contributed by atoms with E-state index in [1.54, 1.807) is 12.3 Å². The number of amides is 1. The highest BCUT2D eigenvalue weighted by atomic mass is 16.5. The molecule has 1 aromatic heterocycles. The van der Waals surface area contributed by atoms with Gasteiger partial charge in [-0.15, -0.1) is 0 Å². The number of allylic oxidation sites excluding steroid dienone is 1. The van der Waals surface area contributed by atoms with Crippen molar-refractivity contribution < 1.29 is 9.53 Å². The summed E-state index contributed by atoms with van der Waals surface area (Å²) in [5, 5.41) is 3.95. The summed E-state index contributed by atoms with van der Waals surface area (Å²) in [4.78, 5) is 16.4. The highest BCUT2D eigenvalue weighted by Gasteiger charge is 2.03. The molecule has 26 heavy (non-hydrogen) atoms. The Morgan fingerprint density at radius 3 is 2.73 bits per heavy atom. The standard InChI is InChI=1S/C22H22N2O2/c1-17(18-8-3-2-4-9-18)16-21(25)23-14-7-15-26-20-12-5-10-19-11-6-13-24-22(19)20/h2-6,8-13,16H,7,14-15H2,1H3,(H,23,25)/b17-16-. The van der Waals surface area contributed by atoms with Crippen molar-refractivity contribution >= 4 is 22.4 Å². The molecule has 0 spiro atoms. The number of aromatic nitrogens is 1. The second-order valence-electron chi connectivity index (χ2n) is 6.02. The van der Waals surface area contributed by atoms with Crippen LogP contribution in [0.3, 0.4) is 0 Å². The molecule has 4 nitrogen and oxygen atoms in total. The molecule has 0 fully saturated rings. The Morgan fingerprint density at radius 1 is 1.08 bits per heavy atom. The van der Waals surface area contributed by atoms with E-state index in [4.69, 9.17) is 4.74 Å². The molecule has 0 atom stereocenters. The van der Waals surface area contributed by atoms with Crippen LogP contribution in [0, 0.1) is 0 Å². The quantitative estimate of drug-likeness (QED) is 0.515.